The molecule has 1 saturated carbocycles. The van der Waals surface area contributed by atoms with Crippen molar-refractivity contribution in [2.24, 2.45) is 5.92 Å². The summed E-state index contributed by atoms with van der Waals surface area (Å²) in [5, 5.41) is 13.7. The van der Waals surface area contributed by atoms with Gasteiger partial charge in [-0.05, 0) is 32.1 Å². The molecule has 3 nitrogen and oxygen atoms in total. The number of hydrogen-bond acceptors (Lipinski definition) is 4. The fourth-order valence-corrected chi connectivity index (χ4v) is 3.02. The van der Waals surface area contributed by atoms with Gasteiger partial charge in [-0.15, -0.1) is 21.8 Å². The smallest absolute Gasteiger partial charge is 0.205 e. The monoisotopic (exact) mass is 245 g/mol. The summed E-state index contributed by atoms with van der Waals surface area (Å²) in [6.07, 6.45) is 4.85. The minimum Gasteiger partial charge on any atom is -0.360 e. The number of nitrogens with one attached hydrogen (secondary N) is 1. The minimum atomic E-state index is 0.377. The SMILES string of the molecule is Cc1nnc(NCC2CCCC(Cl)C2)s1. The largest absolute Gasteiger partial charge is 0.360 e. The number of anilines is 1. The number of aromatic nitrogens is 2. The molecule has 1 fully saturated rings. The van der Waals surface area contributed by atoms with E-state index in [0.29, 0.717) is 11.3 Å². The highest BCUT2D eigenvalue weighted by Crippen LogP contribution is 2.28. The Labute approximate surface area is 99.2 Å². The highest BCUT2D eigenvalue weighted by Gasteiger charge is 2.20. The molecule has 2 atom stereocenters. The van der Waals surface area contributed by atoms with E-state index < -0.39 is 0 Å². The first-order valence-corrected chi connectivity index (χ1v) is 6.67. The van der Waals surface area contributed by atoms with Crippen LogP contribution in [0, 0.1) is 12.8 Å². The summed E-state index contributed by atoms with van der Waals surface area (Å²) in [6, 6.07) is 0. The molecule has 1 aromatic heterocycles. The second-order valence-corrected chi connectivity index (χ2v) is 5.94. The van der Waals surface area contributed by atoms with Crippen LogP contribution in [0.25, 0.3) is 0 Å². The van der Waals surface area contributed by atoms with Crippen molar-refractivity contribution in [3.63, 3.8) is 0 Å². The maximum Gasteiger partial charge on any atom is 0.205 e. The van der Waals surface area contributed by atoms with Crippen LogP contribution in [0.15, 0.2) is 0 Å². The molecule has 0 aliphatic heterocycles. The van der Waals surface area contributed by atoms with Crippen molar-refractivity contribution in [3.8, 4) is 0 Å². The highest BCUT2D eigenvalue weighted by atomic mass is 35.5. The van der Waals surface area contributed by atoms with Crippen LogP contribution in [0.5, 0.6) is 0 Å². The van der Waals surface area contributed by atoms with Gasteiger partial charge in [-0.1, -0.05) is 17.8 Å². The molecule has 1 aromatic rings. The summed E-state index contributed by atoms with van der Waals surface area (Å²) >= 11 is 7.75. The van der Waals surface area contributed by atoms with Gasteiger partial charge < -0.3 is 5.32 Å². The van der Waals surface area contributed by atoms with Crippen LogP contribution in [0.2, 0.25) is 0 Å². The maximum absolute atomic E-state index is 6.14. The van der Waals surface area contributed by atoms with Gasteiger partial charge in [0.05, 0.1) is 0 Å². The Morgan fingerprint density at radius 1 is 1.47 bits per heavy atom. The van der Waals surface area contributed by atoms with Crippen molar-refractivity contribution in [1.82, 2.24) is 10.2 Å². The molecule has 84 valence electrons. The molecule has 0 aromatic carbocycles. The van der Waals surface area contributed by atoms with Gasteiger partial charge in [-0.2, -0.15) is 0 Å². The van der Waals surface area contributed by atoms with Crippen LogP contribution < -0.4 is 5.32 Å². The van der Waals surface area contributed by atoms with Crippen LogP contribution in [-0.2, 0) is 0 Å². The van der Waals surface area contributed by atoms with Crippen molar-refractivity contribution in [2.75, 3.05) is 11.9 Å². The lowest BCUT2D eigenvalue weighted by Gasteiger charge is -2.25. The van der Waals surface area contributed by atoms with Crippen molar-refractivity contribution in [3.05, 3.63) is 5.01 Å². The zero-order valence-corrected chi connectivity index (χ0v) is 10.4. The van der Waals surface area contributed by atoms with Crippen LogP contribution in [-0.4, -0.2) is 22.1 Å². The molecule has 1 heterocycles. The zero-order valence-electron chi connectivity index (χ0n) is 8.87. The molecule has 5 heteroatoms. The molecular formula is C10H16ClN3S. The summed E-state index contributed by atoms with van der Waals surface area (Å²) in [4.78, 5) is 0. The molecule has 2 unspecified atom stereocenters. The molecular weight excluding hydrogens is 230 g/mol. The third kappa shape index (κ3) is 3.31. The second-order valence-electron chi connectivity index (χ2n) is 4.14. The lowest BCUT2D eigenvalue weighted by Crippen LogP contribution is -2.22. The van der Waals surface area contributed by atoms with E-state index in [1.807, 2.05) is 6.92 Å². The van der Waals surface area contributed by atoms with Gasteiger partial charge >= 0.3 is 0 Å². The standard InChI is InChI=1S/C10H16ClN3S/c1-7-13-14-10(15-7)12-6-8-3-2-4-9(11)5-8/h8-9H,2-6H2,1H3,(H,12,14). The predicted molar refractivity (Wildman–Crippen MR) is 64.7 cm³/mol. The summed E-state index contributed by atoms with van der Waals surface area (Å²) in [7, 11) is 0. The molecule has 1 aliphatic carbocycles. The average Bonchev–Trinajstić information content (AvgIpc) is 2.62. The van der Waals surface area contributed by atoms with Gasteiger partial charge in [0, 0.05) is 11.9 Å². The van der Waals surface area contributed by atoms with Gasteiger partial charge in [-0.3, -0.25) is 0 Å². The Bertz CT molecular complexity index is 315. The molecule has 15 heavy (non-hydrogen) atoms. The summed E-state index contributed by atoms with van der Waals surface area (Å²) < 4.78 is 0. The van der Waals surface area contributed by atoms with Crippen molar-refractivity contribution in [2.45, 2.75) is 38.0 Å². The Kier molecular flexibility index (Phi) is 3.81. The summed E-state index contributed by atoms with van der Waals surface area (Å²) in [5.74, 6) is 0.699. The van der Waals surface area contributed by atoms with Crippen LogP contribution in [0.1, 0.15) is 30.7 Å². The first kappa shape index (κ1) is 11.1. The average molecular weight is 246 g/mol. The van der Waals surface area contributed by atoms with Crippen LogP contribution in [0.4, 0.5) is 5.13 Å². The second kappa shape index (κ2) is 5.12. The molecule has 1 aliphatic rings. The van der Waals surface area contributed by atoms with E-state index in [9.17, 15) is 0 Å². The van der Waals surface area contributed by atoms with E-state index in [0.717, 1.165) is 23.1 Å². The molecule has 0 bridgehead atoms. The molecule has 0 amide bonds. The van der Waals surface area contributed by atoms with E-state index in [1.165, 1.54) is 19.3 Å². The molecule has 1 N–H and O–H groups in total. The van der Waals surface area contributed by atoms with E-state index in [4.69, 9.17) is 11.6 Å². The molecule has 0 radical (unpaired) electrons. The number of alkyl halides is 1. The maximum atomic E-state index is 6.14. The van der Waals surface area contributed by atoms with Crippen molar-refractivity contribution >= 4 is 28.1 Å². The highest BCUT2D eigenvalue weighted by molar-refractivity contribution is 7.15. The van der Waals surface area contributed by atoms with E-state index in [1.54, 1.807) is 11.3 Å². The van der Waals surface area contributed by atoms with E-state index in [2.05, 4.69) is 15.5 Å². The van der Waals surface area contributed by atoms with Crippen molar-refractivity contribution < 1.29 is 0 Å². The van der Waals surface area contributed by atoms with Gasteiger partial charge in [-0.25, -0.2) is 0 Å². The van der Waals surface area contributed by atoms with Crippen LogP contribution in [0.3, 0.4) is 0 Å². The fraction of sp³-hybridized carbons (Fsp3) is 0.800. The lowest BCUT2D eigenvalue weighted by molar-refractivity contribution is 0.378. The Balaban J connectivity index is 1.77. The number of halogens is 1. The normalized spacial score (nSPS) is 26.5. The third-order valence-electron chi connectivity index (χ3n) is 2.79. The lowest BCUT2D eigenvalue weighted by atomic mass is 9.89. The Morgan fingerprint density at radius 3 is 3.00 bits per heavy atom. The Hall–Kier alpha value is -0.350. The quantitative estimate of drug-likeness (QED) is 0.832. The number of rotatable bonds is 3. The van der Waals surface area contributed by atoms with Crippen LogP contribution >= 0.6 is 22.9 Å². The summed E-state index contributed by atoms with van der Waals surface area (Å²) in [6.45, 7) is 2.95. The number of nitrogens with zero attached hydrogens (tertiary/aromatic N) is 2. The molecule has 0 saturated heterocycles. The van der Waals surface area contributed by atoms with E-state index >= 15 is 0 Å². The molecule has 0 spiro atoms. The third-order valence-corrected chi connectivity index (χ3v) is 3.98. The summed E-state index contributed by atoms with van der Waals surface area (Å²) in [5.41, 5.74) is 0. The van der Waals surface area contributed by atoms with Gasteiger partial charge in [0.2, 0.25) is 5.13 Å². The van der Waals surface area contributed by atoms with Gasteiger partial charge in [0.1, 0.15) is 5.01 Å². The number of hydrogen-bond donors (Lipinski definition) is 1. The molecule has 2 rings (SSSR count). The first-order valence-electron chi connectivity index (χ1n) is 5.42. The zero-order chi connectivity index (χ0) is 10.7. The minimum absolute atomic E-state index is 0.377. The first-order chi connectivity index (χ1) is 7.24. The number of aryl methyl sites for hydroxylation is 1. The Morgan fingerprint density at radius 2 is 2.33 bits per heavy atom. The van der Waals surface area contributed by atoms with Gasteiger partial charge in [0.25, 0.3) is 0 Å². The predicted octanol–water partition coefficient (Wildman–Crippen LogP) is 3.06. The van der Waals surface area contributed by atoms with E-state index in [-0.39, 0.29) is 0 Å². The fourth-order valence-electron chi connectivity index (χ4n) is 2.01. The van der Waals surface area contributed by atoms with Crippen molar-refractivity contribution in [1.29, 1.82) is 0 Å². The topological polar surface area (TPSA) is 37.8 Å². The van der Waals surface area contributed by atoms with Gasteiger partial charge in [0.15, 0.2) is 0 Å².